The van der Waals surface area contributed by atoms with Crippen LogP contribution in [0.15, 0.2) is 41.3 Å². The summed E-state index contributed by atoms with van der Waals surface area (Å²) in [6.45, 7) is -2.55. The van der Waals surface area contributed by atoms with Gasteiger partial charge in [-0.1, -0.05) is 41.4 Å². The topological polar surface area (TPSA) is 92.3 Å². The number of sulfone groups is 1. The molecule has 2 aromatic carbocycles. The molecule has 0 aliphatic rings. The Kier molecular flexibility index (Phi) is 9.83. The molecule has 2 aromatic rings. The van der Waals surface area contributed by atoms with Crippen molar-refractivity contribution in [3.05, 3.63) is 69.0 Å². The van der Waals surface area contributed by atoms with Gasteiger partial charge in [-0.2, -0.15) is 26.3 Å². The summed E-state index contributed by atoms with van der Waals surface area (Å²) < 4.78 is 116. The van der Waals surface area contributed by atoms with Gasteiger partial charge in [0.15, 0.2) is 15.7 Å². The van der Waals surface area contributed by atoms with E-state index in [1.54, 1.807) is 0 Å². The number of nitrogens with one attached hydrogen (secondary N) is 2. The third kappa shape index (κ3) is 8.88. The zero-order valence-corrected chi connectivity index (χ0v) is 21.3. The molecule has 0 radical (unpaired) electrons. The van der Waals surface area contributed by atoms with E-state index in [9.17, 15) is 48.7 Å². The predicted molar refractivity (Wildman–Crippen MR) is 125 cm³/mol. The molecular formula is C22H17Cl2F7N2O4S. The van der Waals surface area contributed by atoms with Crippen LogP contribution in [0.25, 0.3) is 6.08 Å². The lowest BCUT2D eigenvalue weighted by atomic mass is 9.96. The van der Waals surface area contributed by atoms with Gasteiger partial charge in [-0.05, 0) is 35.4 Å². The number of allylic oxidation sites excluding steroid dienone is 1. The summed E-state index contributed by atoms with van der Waals surface area (Å²) in [5, 5.41) is 2.20. The third-order valence-corrected chi connectivity index (χ3v) is 6.43. The minimum Gasteiger partial charge on any atom is -0.345 e. The molecular weight excluding hydrogens is 592 g/mol. The molecule has 2 amide bonds. The summed E-state index contributed by atoms with van der Waals surface area (Å²) in [7, 11) is -4.15. The van der Waals surface area contributed by atoms with Crippen LogP contribution in [0.2, 0.25) is 10.0 Å². The van der Waals surface area contributed by atoms with Gasteiger partial charge in [0.05, 0.1) is 33.0 Å². The Morgan fingerprint density at radius 3 is 2.08 bits per heavy atom. The van der Waals surface area contributed by atoms with E-state index in [-0.39, 0.29) is 5.56 Å². The molecule has 0 saturated carbocycles. The van der Waals surface area contributed by atoms with Gasteiger partial charge in [0, 0.05) is 6.26 Å². The molecule has 2 N–H and O–H groups in total. The second-order valence-corrected chi connectivity index (χ2v) is 10.6. The highest BCUT2D eigenvalue weighted by atomic mass is 35.5. The van der Waals surface area contributed by atoms with E-state index in [1.807, 2.05) is 5.32 Å². The van der Waals surface area contributed by atoms with E-state index in [0.29, 0.717) is 12.3 Å². The zero-order valence-electron chi connectivity index (χ0n) is 19.0. The van der Waals surface area contributed by atoms with Gasteiger partial charge in [-0.3, -0.25) is 9.59 Å². The van der Waals surface area contributed by atoms with Crippen molar-refractivity contribution in [2.24, 2.45) is 0 Å². The molecule has 208 valence electrons. The van der Waals surface area contributed by atoms with E-state index in [2.05, 4.69) is 0 Å². The number of hydrogen-bond donors (Lipinski definition) is 2. The van der Waals surface area contributed by atoms with E-state index >= 15 is 0 Å². The Balaban J connectivity index is 2.35. The lowest BCUT2D eigenvalue weighted by Gasteiger charge is -2.18. The first-order chi connectivity index (χ1) is 17.3. The maximum atomic E-state index is 13.7. The number of carbonyl (C=O) groups is 2. The lowest BCUT2D eigenvalue weighted by Crippen LogP contribution is -2.41. The fraction of sp³-hybridized carbons (Fsp3) is 0.273. The first-order valence-electron chi connectivity index (χ1n) is 10.1. The Morgan fingerprint density at radius 1 is 1.00 bits per heavy atom. The summed E-state index contributed by atoms with van der Waals surface area (Å²) in [6, 6.07) is 4.43. The van der Waals surface area contributed by atoms with Crippen molar-refractivity contribution in [1.82, 2.24) is 10.6 Å². The van der Waals surface area contributed by atoms with Gasteiger partial charge >= 0.3 is 12.4 Å². The Labute approximate surface area is 221 Å². The number of carbonyl (C=O) groups excluding carboxylic acids is 2. The second-order valence-electron chi connectivity index (χ2n) is 7.78. The molecule has 0 heterocycles. The highest BCUT2D eigenvalue weighted by molar-refractivity contribution is 7.90. The van der Waals surface area contributed by atoms with Crippen LogP contribution in [-0.2, 0) is 14.6 Å². The van der Waals surface area contributed by atoms with Gasteiger partial charge in [0.2, 0.25) is 5.91 Å². The van der Waals surface area contributed by atoms with E-state index in [0.717, 1.165) is 36.4 Å². The molecule has 0 fully saturated rings. The van der Waals surface area contributed by atoms with Crippen LogP contribution in [0.1, 0.15) is 27.4 Å². The van der Waals surface area contributed by atoms with E-state index in [1.165, 1.54) is 5.32 Å². The summed E-state index contributed by atoms with van der Waals surface area (Å²) >= 11 is 11.2. The normalized spacial score (nSPS) is 13.4. The van der Waals surface area contributed by atoms with Crippen molar-refractivity contribution in [2.45, 2.75) is 23.2 Å². The molecule has 16 heteroatoms. The molecule has 1 atom stereocenters. The number of benzene rings is 2. The molecule has 2 rings (SSSR count). The molecule has 6 nitrogen and oxygen atoms in total. The highest BCUT2D eigenvalue weighted by Crippen LogP contribution is 2.39. The minimum absolute atomic E-state index is 0.0848. The number of amides is 2. The van der Waals surface area contributed by atoms with E-state index in [4.69, 9.17) is 23.2 Å². The van der Waals surface area contributed by atoms with Crippen molar-refractivity contribution >= 4 is 50.9 Å². The van der Waals surface area contributed by atoms with Crippen LogP contribution in [-0.4, -0.2) is 51.9 Å². The number of alkyl halides is 6. The van der Waals surface area contributed by atoms with Crippen LogP contribution < -0.4 is 10.6 Å². The smallest absolute Gasteiger partial charge is 0.345 e. The van der Waals surface area contributed by atoms with Crippen LogP contribution in [0.3, 0.4) is 0 Å². The van der Waals surface area contributed by atoms with Gasteiger partial charge in [0.1, 0.15) is 6.54 Å². The first kappa shape index (κ1) is 31.4. The largest absolute Gasteiger partial charge is 0.405 e. The summed E-state index contributed by atoms with van der Waals surface area (Å²) in [5.41, 5.74) is -1.08. The maximum Gasteiger partial charge on any atom is 0.405 e. The van der Waals surface area contributed by atoms with Crippen LogP contribution in [0, 0.1) is 5.82 Å². The van der Waals surface area contributed by atoms with Crippen molar-refractivity contribution in [1.29, 1.82) is 0 Å². The third-order valence-electron chi connectivity index (χ3n) is 4.74. The fourth-order valence-electron chi connectivity index (χ4n) is 3.03. The second kappa shape index (κ2) is 11.9. The maximum absolute atomic E-state index is 13.7. The Bertz CT molecular complexity index is 1340. The molecule has 0 bridgehead atoms. The van der Waals surface area contributed by atoms with Crippen molar-refractivity contribution in [3.63, 3.8) is 0 Å². The quantitative estimate of drug-likeness (QED) is 0.314. The van der Waals surface area contributed by atoms with Crippen LogP contribution in [0.5, 0.6) is 0 Å². The summed E-state index contributed by atoms with van der Waals surface area (Å²) in [6.07, 6.45) is -7.31. The molecule has 0 spiro atoms. The van der Waals surface area contributed by atoms with E-state index < -0.39 is 84.9 Å². The van der Waals surface area contributed by atoms with Gasteiger partial charge in [-0.15, -0.1) is 0 Å². The monoisotopic (exact) mass is 608 g/mol. The first-order valence-corrected chi connectivity index (χ1v) is 12.8. The fourth-order valence-corrected chi connectivity index (χ4v) is 4.44. The number of hydrogen-bond acceptors (Lipinski definition) is 4. The minimum atomic E-state index is -4.88. The Hall–Kier alpha value is -2.84. The lowest BCUT2D eigenvalue weighted by molar-refractivity contribution is -0.139. The van der Waals surface area contributed by atoms with Crippen molar-refractivity contribution < 1.29 is 48.7 Å². The molecule has 0 saturated heterocycles. The summed E-state index contributed by atoms with van der Waals surface area (Å²) in [4.78, 5) is 23.3. The zero-order chi connectivity index (χ0) is 29.1. The molecule has 1 unspecified atom stereocenters. The number of rotatable bonds is 8. The predicted octanol–water partition coefficient (Wildman–Crippen LogP) is 5.30. The van der Waals surface area contributed by atoms with Crippen molar-refractivity contribution in [3.8, 4) is 0 Å². The SMILES string of the molecule is CS(=O)(=O)c1cc(C=CC(c2cc(Cl)c(F)c(Cl)c2)C(F)(F)F)ccc1C(=O)NCC(=O)NCC(F)(F)F. The van der Waals surface area contributed by atoms with Crippen LogP contribution in [0.4, 0.5) is 30.7 Å². The average molecular weight is 609 g/mol. The van der Waals surface area contributed by atoms with Crippen LogP contribution >= 0.6 is 23.2 Å². The van der Waals surface area contributed by atoms with Crippen molar-refractivity contribution in [2.75, 3.05) is 19.3 Å². The summed E-state index contributed by atoms with van der Waals surface area (Å²) in [5.74, 6) is -5.76. The molecule has 38 heavy (non-hydrogen) atoms. The molecule has 0 aliphatic heterocycles. The Morgan fingerprint density at radius 2 is 1.58 bits per heavy atom. The van der Waals surface area contributed by atoms with Gasteiger partial charge in [0.25, 0.3) is 5.91 Å². The number of halogens is 9. The average Bonchev–Trinajstić information content (AvgIpc) is 2.77. The molecule has 0 aromatic heterocycles. The molecule has 0 aliphatic carbocycles. The highest BCUT2D eigenvalue weighted by Gasteiger charge is 2.39. The van der Waals surface area contributed by atoms with Gasteiger partial charge in [-0.25, -0.2) is 12.8 Å². The van der Waals surface area contributed by atoms with Gasteiger partial charge < -0.3 is 10.6 Å². The standard InChI is InChI=1S/C22H17Cl2F7N2O4S/c1-38(36,37)17-6-11(2-4-13(17)20(35)32-9-18(34)33-10-21(26,27)28)3-5-14(22(29,30)31)12-7-15(23)19(25)16(24)8-12/h2-8,14H,9-10H2,1H3,(H,32,35)(H,33,34).